The molecule has 136 valence electrons. The lowest BCUT2D eigenvalue weighted by Gasteiger charge is -2.17. The first-order chi connectivity index (χ1) is 13.2. The number of carbonyl (C=O) groups excluding carboxylic acids is 1. The number of anilines is 3. The molecule has 6 nitrogen and oxygen atoms in total. The summed E-state index contributed by atoms with van der Waals surface area (Å²) in [5.74, 6) is 0.938. The second kappa shape index (κ2) is 7.07. The molecule has 1 amide bonds. The van der Waals surface area contributed by atoms with Crippen molar-refractivity contribution in [3.05, 3.63) is 71.5 Å². The Morgan fingerprint density at radius 3 is 2.74 bits per heavy atom. The molecule has 2 aromatic carbocycles. The highest BCUT2D eigenvalue weighted by atomic mass is 16.5. The molecule has 0 saturated carbocycles. The Morgan fingerprint density at radius 1 is 1.11 bits per heavy atom. The normalized spacial score (nSPS) is 12.6. The Balaban J connectivity index is 1.64. The maximum Gasteiger partial charge on any atom is 0.277 e. The minimum Gasteiger partial charge on any atom is -0.495 e. The van der Waals surface area contributed by atoms with Gasteiger partial charge in [-0.3, -0.25) is 4.79 Å². The summed E-state index contributed by atoms with van der Waals surface area (Å²) in [6, 6.07) is 17.2. The zero-order valence-electron chi connectivity index (χ0n) is 15.3. The van der Waals surface area contributed by atoms with E-state index >= 15 is 0 Å². The molecule has 0 saturated heterocycles. The molecule has 27 heavy (non-hydrogen) atoms. The van der Waals surface area contributed by atoms with Gasteiger partial charge in [-0.2, -0.15) is 0 Å². The van der Waals surface area contributed by atoms with Gasteiger partial charge in [0, 0.05) is 17.9 Å². The Morgan fingerprint density at radius 2 is 1.89 bits per heavy atom. The Bertz CT molecular complexity index is 1000. The summed E-state index contributed by atoms with van der Waals surface area (Å²) in [5, 5.41) is 3.15. The third-order valence-corrected chi connectivity index (χ3v) is 4.56. The van der Waals surface area contributed by atoms with Gasteiger partial charge in [-0.05, 0) is 43.2 Å². The summed E-state index contributed by atoms with van der Waals surface area (Å²) in [5.41, 5.74) is 3.98. The number of fused-ring (bicyclic) bond motifs is 1. The number of aromatic nitrogens is 2. The Hall–Kier alpha value is -3.41. The van der Waals surface area contributed by atoms with E-state index in [1.807, 2.05) is 49.4 Å². The lowest BCUT2D eigenvalue weighted by Crippen LogP contribution is -2.30. The smallest absolute Gasteiger partial charge is 0.277 e. The monoisotopic (exact) mass is 360 g/mol. The summed E-state index contributed by atoms with van der Waals surface area (Å²) >= 11 is 0. The van der Waals surface area contributed by atoms with Crippen molar-refractivity contribution in [3.63, 3.8) is 0 Å². The van der Waals surface area contributed by atoms with Crippen molar-refractivity contribution in [1.29, 1.82) is 0 Å². The van der Waals surface area contributed by atoms with E-state index in [4.69, 9.17) is 4.74 Å². The molecule has 0 aliphatic carbocycles. The van der Waals surface area contributed by atoms with Crippen LogP contribution in [0.15, 0.2) is 54.6 Å². The second-order valence-electron chi connectivity index (χ2n) is 6.38. The molecule has 0 unspecified atom stereocenters. The summed E-state index contributed by atoms with van der Waals surface area (Å²) in [7, 11) is 1.61. The van der Waals surface area contributed by atoms with Crippen molar-refractivity contribution in [2.45, 2.75) is 13.3 Å². The lowest BCUT2D eigenvalue weighted by atomic mass is 10.2. The first-order valence-corrected chi connectivity index (χ1v) is 8.81. The third kappa shape index (κ3) is 3.33. The van der Waals surface area contributed by atoms with Crippen LogP contribution in [0.25, 0.3) is 0 Å². The van der Waals surface area contributed by atoms with Gasteiger partial charge in [0.2, 0.25) is 5.95 Å². The first-order valence-electron chi connectivity index (χ1n) is 8.81. The van der Waals surface area contributed by atoms with E-state index in [0.717, 1.165) is 23.5 Å². The second-order valence-corrected chi connectivity index (χ2v) is 6.38. The highest BCUT2D eigenvalue weighted by Crippen LogP contribution is 2.29. The molecule has 4 rings (SSSR count). The fourth-order valence-corrected chi connectivity index (χ4v) is 3.29. The fourth-order valence-electron chi connectivity index (χ4n) is 3.29. The van der Waals surface area contributed by atoms with E-state index in [-0.39, 0.29) is 5.91 Å². The van der Waals surface area contributed by atoms with E-state index < -0.39 is 0 Å². The van der Waals surface area contributed by atoms with Crippen molar-refractivity contribution in [2.24, 2.45) is 0 Å². The molecule has 2 heterocycles. The number of carbonyl (C=O) groups is 1. The molecule has 0 spiro atoms. The number of amides is 1. The fraction of sp³-hybridized carbons (Fsp3) is 0.190. The number of hydrogen-bond acceptors (Lipinski definition) is 5. The summed E-state index contributed by atoms with van der Waals surface area (Å²) in [6.45, 7) is 2.51. The summed E-state index contributed by atoms with van der Waals surface area (Å²) in [4.78, 5) is 23.7. The lowest BCUT2D eigenvalue weighted by molar-refractivity contribution is 0.0984. The number of ether oxygens (including phenoxy) is 1. The van der Waals surface area contributed by atoms with Crippen molar-refractivity contribution in [1.82, 2.24) is 9.97 Å². The quantitative estimate of drug-likeness (QED) is 0.768. The SMILES string of the molecule is COc1ccccc1Nc1nc(C)cc(C(=O)N2CCc3ccccc32)n1. The molecule has 3 aromatic rings. The van der Waals surface area contributed by atoms with Gasteiger partial charge in [0.25, 0.3) is 5.91 Å². The number of aryl methyl sites for hydroxylation is 1. The van der Waals surface area contributed by atoms with Crippen LogP contribution in [-0.4, -0.2) is 29.5 Å². The van der Waals surface area contributed by atoms with Crippen molar-refractivity contribution in [3.8, 4) is 5.75 Å². The van der Waals surface area contributed by atoms with Gasteiger partial charge in [0.15, 0.2) is 0 Å². The van der Waals surface area contributed by atoms with Crippen molar-refractivity contribution < 1.29 is 9.53 Å². The Labute approximate surface area is 157 Å². The minimum atomic E-state index is -0.117. The number of nitrogens with one attached hydrogen (secondary N) is 1. The van der Waals surface area contributed by atoms with Crippen LogP contribution in [-0.2, 0) is 6.42 Å². The molecule has 0 atom stereocenters. The number of hydrogen-bond donors (Lipinski definition) is 1. The topological polar surface area (TPSA) is 67.3 Å². The maximum absolute atomic E-state index is 13.1. The van der Waals surface area contributed by atoms with E-state index in [1.54, 1.807) is 18.1 Å². The largest absolute Gasteiger partial charge is 0.495 e. The number of methoxy groups -OCH3 is 1. The van der Waals surface area contributed by atoms with Crippen LogP contribution in [0.2, 0.25) is 0 Å². The van der Waals surface area contributed by atoms with Crippen LogP contribution in [0.3, 0.4) is 0 Å². The standard InChI is InChI=1S/C21H20N4O2/c1-14-13-17(20(26)25-12-11-15-7-3-5-9-18(15)25)24-21(22-14)23-16-8-4-6-10-19(16)27-2/h3-10,13H,11-12H2,1-2H3,(H,22,23,24). The molecule has 1 N–H and O–H groups in total. The zero-order chi connectivity index (χ0) is 18.8. The average Bonchev–Trinajstić information content (AvgIpc) is 3.11. The highest BCUT2D eigenvalue weighted by Gasteiger charge is 2.26. The number of para-hydroxylation sites is 3. The molecule has 6 heteroatoms. The zero-order valence-corrected chi connectivity index (χ0v) is 15.3. The highest BCUT2D eigenvalue weighted by molar-refractivity contribution is 6.06. The first kappa shape index (κ1) is 17.0. The van der Waals surface area contributed by atoms with Gasteiger partial charge in [-0.15, -0.1) is 0 Å². The van der Waals surface area contributed by atoms with Gasteiger partial charge in [-0.25, -0.2) is 9.97 Å². The predicted molar refractivity (Wildman–Crippen MR) is 105 cm³/mol. The van der Waals surface area contributed by atoms with Gasteiger partial charge in [0.05, 0.1) is 12.8 Å². The van der Waals surface area contributed by atoms with E-state index in [1.165, 1.54) is 5.56 Å². The molecule has 0 radical (unpaired) electrons. The molecular formula is C21H20N4O2. The van der Waals surface area contributed by atoms with Crippen molar-refractivity contribution >= 4 is 23.2 Å². The summed E-state index contributed by atoms with van der Waals surface area (Å²) in [6.07, 6.45) is 0.859. The van der Waals surface area contributed by atoms with Crippen molar-refractivity contribution in [2.75, 3.05) is 23.9 Å². The number of rotatable bonds is 4. The average molecular weight is 360 g/mol. The number of nitrogens with zero attached hydrogens (tertiary/aromatic N) is 3. The van der Waals surface area contributed by atoms with Crippen LogP contribution in [0.1, 0.15) is 21.7 Å². The van der Waals surface area contributed by atoms with Crippen LogP contribution in [0, 0.1) is 6.92 Å². The Kier molecular flexibility index (Phi) is 4.46. The van der Waals surface area contributed by atoms with Crippen LogP contribution in [0.4, 0.5) is 17.3 Å². The van der Waals surface area contributed by atoms with Crippen LogP contribution < -0.4 is 15.0 Å². The third-order valence-electron chi connectivity index (χ3n) is 4.56. The predicted octanol–water partition coefficient (Wildman–Crippen LogP) is 3.74. The molecule has 1 aromatic heterocycles. The molecule has 1 aliphatic heterocycles. The van der Waals surface area contributed by atoms with Crippen LogP contribution >= 0.6 is 0 Å². The molecule has 0 bridgehead atoms. The summed E-state index contributed by atoms with van der Waals surface area (Å²) < 4.78 is 5.35. The van der Waals surface area contributed by atoms with Gasteiger partial charge < -0.3 is 15.0 Å². The minimum absolute atomic E-state index is 0.117. The van der Waals surface area contributed by atoms with E-state index in [9.17, 15) is 4.79 Å². The maximum atomic E-state index is 13.1. The number of benzene rings is 2. The molecular weight excluding hydrogens is 340 g/mol. The van der Waals surface area contributed by atoms with Gasteiger partial charge in [0.1, 0.15) is 11.4 Å². The molecule has 1 aliphatic rings. The van der Waals surface area contributed by atoms with E-state index in [0.29, 0.717) is 23.9 Å². The van der Waals surface area contributed by atoms with Gasteiger partial charge >= 0.3 is 0 Å². The van der Waals surface area contributed by atoms with E-state index in [2.05, 4.69) is 21.4 Å². The van der Waals surface area contributed by atoms with Crippen LogP contribution in [0.5, 0.6) is 5.75 Å². The van der Waals surface area contributed by atoms with Gasteiger partial charge in [-0.1, -0.05) is 30.3 Å². The molecule has 0 fully saturated rings.